The maximum absolute atomic E-state index is 13.6. The Morgan fingerprint density at radius 3 is 2.81 bits per heavy atom. The smallest absolute Gasteiger partial charge is 0.248 e. The van der Waals surface area contributed by atoms with E-state index in [1.54, 1.807) is 0 Å². The minimum atomic E-state index is -2.45. The van der Waals surface area contributed by atoms with E-state index in [0.717, 1.165) is 32.6 Å². The molecule has 1 saturated carbocycles. The predicted octanol–water partition coefficient (Wildman–Crippen LogP) is 3.46. The summed E-state index contributed by atoms with van der Waals surface area (Å²) in [7, 11) is 0. The van der Waals surface area contributed by atoms with Gasteiger partial charge in [-0.25, -0.2) is 8.78 Å². The second kappa shape index (κ2) is 6.41. The highest BCUT2D eigenvalue weighted by Gasteiger charge is 2.37. The lowest BCUT2D eigenvalue weighted by atomic mass is 9.85. The second-order valence-electron chi connectivity index (χ2n) is 6.44. The van der Waals surface area contributed by atoms with Crippen LogP contribution in [0.15, 0.2) is 30.3 Å². The van der Waals surface area contributed by atoms with Gasteiger partial charge in [0.25, 0.3) is 0 Å². The lowest BCUT2D eigenvalue weighted by Crippen LogP contribution is -2.48. The summed E-state index contributed by atoms with van der Waals surface area (Å²) in [5.41, 5.74) is 1.28. The van der Waals surface area contributed by atoms with Crippen molar-refractivity contribution >= 4 is 0 Å². The summed E-state index contributed by atoms with van der Waals surface area (Å²) in [6.07, 6.45) is 1.76. The molecule has 0 aromatic heterocycles. The first-order valence-corrected chi connectivity index (χ1v) is 8.02. The Kier molecular flexibility index (Phi) is 4.55. The topological polar surface area (TPSA) is 15.3 Å². The number of halogens is 2. The van der Waals surface area contributed by atoms with Crippen molar-refractivity contribution in [3.63, 3.8) is 0 Å². The SMILES string of the molecule is FC1(F)CCCC(CN2CCNCC2c2ccccc2)C1. The number of alkyl halides is 2. The zero-order valence-corrected chi connectivity index (χ0v) is 12.4. The highest BCUT2D eigenvalue weighted by molar-refractivity contribution is 5.20. The molecule has 1 aliphatic carbocycles. The Bertz CT molecular complexity index is 449. The van der Waals surface area contributed by atoms with Gasteiger partial charge in [-0.2, -0.15) is 0 Å². The van der Waals surface area contributed by atoms with Crippen LogP contribution in [0.25, 0.3) is 0 Å². The molecule has 1 aliphatic heterocycles. The number of rotatable bonds is 3. The first-order valence-electron chi connectivity index (χ1n) is 8.02. The third-order valence-corrected chi connectivity index (χ3v) is 4.77. The lowest BCUT2D eigenvalue weighted by molar-refractivity contribution is -0.0594. The van der Waals surface area contributed by atoms with Crippen molar-refractivity contribution in [2.24, 2.45) is 5.92 Å². The van der Waals surface area contributed by atoms with Gasteiger partial charge >= 0.3 is 0 Å². The molecule has 3 rings (SSSR count). The Morgan fingerprint density at radius 2 is 2.05 bits per heavy atom. The van der Waals surface area contributed by atoms with Gasteiger partial charge in [0.1, 0.15) is 0 Å². The van der Waals surface area contributed by atoms with E-state index in [4.69, 9.17) is 0 Å². The molecule has 116 valence electrons. The molecule has 2 atom stereocenters. The highest BCUT2D eigenvalue weighted by Crippen LogP contribution is 2.38. The molecular formula is C17H24F2N2. The van der Waals surface area contributed by atoms with E-state index < -0.39 is 5.92 Å². The van der Waals surface area contributed by atoms with Gasteiger partial charge in [-0.15, -0.1) is 0 Å². The van der Waals surface area contributed by atoms with Gasteiger partial charge in [0.15, 0.2) is 0 Å². The summed E-state index contributed by atoms with van der Waals surface area (Å²) < 4.78 is 27.2. The molecule has 2 unspecified atom stereocenters. The fourth-order valence-electron chi connectivity index (χ4n) is 3.73. The molecule has 0 radical (unpaired) electrons. The second-order valence-corrected chi connectivity index (χ2v) is 6.44. The maximum atomic E-state index is 13.6. The van der Waals surface area contributed by atoms with E-state index in [1.807, 2.05) is 6.07 Å². The molecule has 1 aromatic rings. The lowest BCUT2D eigenvalue weighted by Gasteiger charge is -2.40. The van der Waals surface area contributed by atoms with Crippen molar-refractivity contribution in [1.82, 2.24) is 10.2 Å². The monoisotopic (exact) mass is 294 g/mol. The fourth-order valence-corrected chi connectivity index (χ4v) is 3.73. The van der Waals surface area contributed by atoms with Crippen molar-refractivity contribution in [2.75, 3.05) is 26.2 Å². The van der Waals surface area contributed by atoms with Crippen LogP contribution in [-0.4, -0.2) is 37.0 Å². The van der Waals surface area contributed by atoms with Crippen LogP contribution in [0.1, 0.15) is 37.3 Å². The van der Waals surface area contributed by atoms with Crippen molar-refractivity contribution in [3.05, 3.63) is 35.9 Å². The average molecular weight is 294 g/mol. The van der Waals surface area contributed by atoms with Crippen molar-refractivity contribution in [2.45, 2.75) is 37.6 Å². The zero-order valence-electron chi connectivity index (χ0n) is 12.4. The van der Waals surface area contributed by atoms with Crippen molar-refractivity contribution < 1.29 is 8.78 Å². The van der Waals surface area contributed by atoms with Crippen LogP contribution in [0.2, 0.25) is 0 Å². The van der Waals surface area contributed by atoms with Crippen LogP contribution in [0.4, 0.5) is 8.78 Å². The molecule has 2 aliphatic rings. The summed E-state index contributed by atoms with van der Waals surface area (Å²) in [4.78, 5) is 2.40. The van der Waals surface area contributed by atoms with Gasteiger partial charge < -0.3 is 5.32 Å². The van der Waals surface area contributed by atoms with Gasteiger partial charge in [0, 0.05) is 45.1 Å². The molecule has 0 bridgehead atoms. The van der Waals surface area contributed by atoms with E-state index in [1.165, 1.54) is 5.56 Å². The van der Waals surface area contributed by atoms with Crippen LogP contribution in [0, 0.1) is 5.92 Å². The summed E-state index contributed by atoms with van der Waals surface area (Å²) >= 11 is 0. The average Bonchev–Trinajstić information content (AvgIpc) is 2.48. The van der Waals surface area contributed by atoms with Crippen LogP contribution in [0.3, 0.4) is 0 Å². The predicted molar refractivity (Wildman–Crippen MR) is 80.5 cm³/mol. The Morgan fingerprint density at radius 1 is 1.24 bits per heavy atom. The van der Waals surface area contributed by atoms with E-state index in [9.17, 15) is 8.78 Å². The maximum Gasteiger partial charge on any atom is 0.248 e. The Labute approximate surface area is 125 Å². The largest absolute Gasteiger partial charge is 0.314 e. The van der Waals surface area contributed by atoms with Crippen molar-refractivity contribution in [1.29, 1.82) is 0 Å². The Hall–Kier alpha value is -1.00. The van der Waals surface area contributed by atoms with E-state index in [2.05, 4.69) is 34.5 Å². The zero-order chi connectivity index (χ0) is 14.7. The fraction of sp³-hybridized carbons (Fsp3) is 0.647. The van der Waals surface area contributed by atoms with Gasteiger partial charge in [-0.3, -0.25) is 4.90 Å². The van der Waals surface area contributed by atoms with E-state index in [0.29, 0.717) is 12.5 Å². The summed E-state index contributed by atoms with van der Waals surface area (Å²) in [6.45, 7) is 3.61. The molecule has 1 N–H and O–H groups in total. The summed E-state index contributed by atoms with van der Waals surface area (Å²) in [5.74, 6) is -2.31. The van der Waals surface area contributed by atoms with E-state index >= 15 is 0 Å². The molecule has 0 amide bonds. The third-order valence-electron chi connectivity index (χ3n) is 4.77. The molecule has 2 fully saturated rings. The number of piperazine rings is 1. The molecular weight excluding hydrogens is 270 g/mol. The van der Waals surface area contributed by atoms with E-state index in [-0.39, 0.29) is 18.8 Å². The number of hydrogen-bond donors (Lipinski definition) is 1. The van der Waals surface area contributed by atoms with Gasteiger partial charge in [-0.1, -0.05) is 30.3 Å². The van der Waals surface area contributed by atoms with Gasteiger partial charge in [-0.05, 0) is 24.3 Å². The summed E-state index contributed by atoms with van der Waals surface area (Å²) in [6, 6.07) is 10.7. The Balaban J connectivity index is 1.67. The quantitative estimate of drug-likeness (QED) is 0.918. The molecule has 4 heteroatoms. The number of nitrogens with one attached hydrogen (secondary N) is 1. The summed E-state index contributed by atoms with van der Waals surface area (Å²) in [5, 5.41) is 3.43. The van der Waals surface area contributed by atoms with Gasteiger partial charge in [0.05, 0.1) is 0 Å². The molecule has 0 spiro atoms. The molecule has 21 heavy (non-hydrogen) atoms. The first kappa shape index (κ1) is 14.9. The third kappa shape index (κ3) is 3.80. The van der Waals surface area contributed by atoms with Crippen LogP contribution in [-0.2, 0) is 0 Å². The van der Waals surface area contributed by atoms with Crippen LogP contribution in [0.5, 0.6) is 0 Å². The van der Waals surface area contributed by atoms with Crippen LogP contribution < -0.4 is 5.32 Å². The van der Waals surface area contributed by atoms with Crippen molar-refractivity contribution in [3.8, 4) is 0 Å². The number of hydrogen-bond acceptors (Lipinski definition) is 2. The molecule has 1 aromatic carbocycles. The minimum absolute atomic E-state index is 0.0679. The van der Waals surface area contributed by atoms with Crippen LogP contribution >= 0.6 is 0 Å². The molecule has 2 nitrogen and oxygen atoms in total. The number of nitrogens with zero attached hydrogens (tertiary/aromatic N) is 1. The molecule has 1 saturated heterocycles. The molecule has 1 heterocycles. The minimum Gasteiger partial charge on any atom is -0.314 e. The highest BCUT2D eigenvalue weighted by atomic mass is 19.3. The standard InChI is InChI=1S/C17H24F2N2/c18-17(19)8-4-5-14(11-17)13-21-10-9-20-12-16(21)15-6-2-1-3-7-15/h1-3,6-7,14,16,20H,4-5,8-13H2. The first-order chi connectivity index (χ1) is 10.1. The number of benzene rings is 1. The van der Waals surface area contributed by atoms with Gasteiger partial charge in [0.2, 0.25) is 5.92 Å². The normalized spacial score (nSPS) is 30.2.